The van der Waals surface area contributed by atoms with Gasteiger partial charge in [-0.1, -0.05) is 36.8 Å². The Kier molecular flexibility index (Phi) is 8.51. The monoisotopic (exact) mass is 324 g/mol. The Morgan fingerprint density at radius 1 is 1.36 bits per heavy atom. The van der Waals surface area contributed by atoms with Crippen molar-refractivity contribution in [3.05, 3.63) is 35.4 Å². The minimum absolute atomic E-state index is 0. The molecule has 1 aliphatic heterocycles. The van der Waals surface area contributed by atoms with Crippen LogP contribution in [0.15, 0.2) is 24.3 Å². The minimum atomic E-state index is 0. The van der Waals surface area contributed by atoms with Crippen molar-refractivity contribution < 1.29 is 4.79 Å². The van der Waals surface area contributed by atoms with Gasteiger partial charge in [0, 0.05) is 13.0 Å². The third kappa shape index (κ3) is 6.37. The number of hydrogen-bond donors (Lipinski definition) is 2. The molecule has 0 aromatic heterocycles. The number of halogens is 1. The van der Waals surface area contributed by atoms with Crippen molar-refractivity contribution >= 4 is 18.3 Å². The number of carbonyl (C=O) groups excluding carboxylic acids is 1. The highest BCUT2D eigenvalue weighted by Gasteiger charge is 2.21. The van der Waals surface area contributed by atoms with E-state index in [1.54, 1.807) is 0 Å². The van der Waals surface area contributed by atoms with Crippen LogP contribution < -0.4 is 10.6 Å². The maximum atomic E-state index is 12.0. The summed E-state index contributed by atoms with van der Waals surface area (Å²) in [6, 6.07) is 8.48. The first-order valence-electron chi connectivity index (χ1n) is 8.18. The molecule has 22 heavy (non-hydrogen) atoms. The summed E-state index contributed by atoms with van der Waals surface area (Å²) in [7, 11) is 0. The van der Waals surface area contributed by atoms with E-state index in [9.17, 15) is 4.79 Å². The van der Waals surface area contributed by atoms with Gasteiger partial charge in [0.2, 0.25) is 5.91 Å². The van der Waals surface area contributed by atoms with Crippen molar-refractivity contribution in [2.75, 3.05) is 19.6 Å². The van der Waals surface area contributed by atoms with E-state index >= 15 is 0 Å². The summed E-state index contributed by atoms with van der Waals surface area (Å²) in [5.41, 5.74) is 2.57. The van der Waals surface area contributed by atoms with Gasteiger partial charge in [0.05, 0.1) is 0 Å². The Morgan fingerprint density at radius 3 is 2.77 bits per heavy atom. The lowest BCUT2D eigenvalue weighted by atomic mass is 9.84. The van der Waals surface area contributed by atoms with Gasteiger partial charge in [0.25, 0.3) is 0 Å². The van der Waals surface area contributed by atoms with Gasteiger partial charge in [0.1, 0.15) is 0 Å². The summed E-state index contributed by atoms with van der Waals surface area (Å²) in [5, 5.41) is 6.45. The first kappa shape index (κ1) is 19.0. The zero-order chi connectivity index (χ0) is 15.1. The van der Waals surface area contributed by atoms with Gasteiger partial charge in [-0.3, -0.25) is 4.79 Å². The van der Waals surface area contributed by atoms with E-state index < -0.39 is 0 Å². The first-order chi connectivity index (χ1) is 10.1. The standard InChI is InChI=1S/C18H28N2O.ClH/c1-14-4-3-5-16(12-14)6-11-20-18(21)13-15(2)17-7-9-19-10-8-17;/h3-5,12,15,17,19H,6-11,13H2,1-2H3,(H,20,21);1H. The van der Waals surface area contributed by atoms with E-state index in [-0.39, 0.29) is 18.3 Å². The molecular weight excluding hydrogens is 296 g/mol. The topological polar surface area (TPSA) is 41.1 Å². The summed E-state index contributed by atoms with van der Waals surface area (Å²) in [5.74, 6) is 1.40. The van der Waals surface area contributed by atoms with Crippen LogP contribution in [0.5, 0.6) is 0 Å². The highest BCUT2D eigenvalue weighted by Crippen LogP contribution is 2.24. The zero-order valence-electron chi connectivity index (χ0n) is 13.7. The third-order valence-corrected chi connectivity index (χ3v) is 4.51. The Hall–Kier alpha value is -1.06. The number of aryl methyl sites for hydroxylation is 1. The van der Waals surface area contributed by atoms with E-state index in [1.807, 2.05) is 0 Å². The maximum absolute atomic E-state index is 12.0. The van der Waals surface area contributed by atoms with E-state index in [0.29, 0.717) is 18.3 Å². The average Bonchev–Trinajstić information content (AvgIpc) is 2.48. The average molecular weight is 325 g/mol. The number of nitrogens with one attached hydrogen (secondary N) is 2. The molecule has 1 fully saturated rings. The molecule has 0 aliphatic carbocycles. The molecule has 1 amide bonds. The fourth-order valence-corrected chi connectivity index (χ4v) is 3.16. The summed E-state index contributed by atoms with van der Waals surface area (Å²) in [6.45, 7) is 7.26. The number of hydrogen-bond acceptors (Lipinski definition) is 2. The second-order valence-electron chi connectivity index (χ2n) is 6.36. The predicted molar refractivity (Wildman–Crippen MR) is 94.5 cm³/mol. The second-order valence-corrected chi connectivity index (χ2v) is 6.36. The van der Waals surface area contributed by atoms with Gasteiger partial charge in [-0.05, 0) is 56.7 Å². The summed E-state index contributed by atoms with van der Waals surface area (Å²) in [4.78, 5) is 12.0. The van der Waals surface area contributed by atoms with E-state index in [0.717, 1.165) is 26.1 Å². The molecule has 1 aromatic carbocycles. The van der Waals surface area contributed by atoms with Crippen LogP contribution >= 0.6 is 12.4 Å². The van der Waals surface area contributed by atoms with Crippen LogP contribution in [0.4, 0.5) is 0 Å². The molecule has 4 heteroatoms. The van der Waals surface area contributed by atoms with Crippen LogP contribution in [0, 0.1) is 18.8 Å². The summed E-state index contributed by atoms with van der Waals surface area (Å²) in [6.07, 6.45) is 3.99. The number of rotatable bonds is 6. The highest BCUT2D eigenvalue weighted by atomic mass is 35.5. The highest BCUT2D eigenvalue weighted by molar-refractivity contribution is 5.85. The predicted octanol–water partition coefficient (Wildman–Crippen LogP) is 3.10. The molecule has 1 unspecified atom stereocenters. The molecule has 0 bridgehead atoms. The zero-order valence-corrected chi connectivity index (χ0v) is 14.5. The first-order valence-corrected chi connectivity index (χ1v) is 8.18. The van der Waals surface area contributed by atoms with Crippen LogP contribution in [-0.2, 0) is 11.2 Å². The van der Waals surface area contributed by atoms with Gasteiger partial charge < -0.3 is 10.6 Å². The number of piperidine rings is 1. The van der Waals surface area contributed by atoms with Gasteiger partial charge in [0.15, 0.2) is 0 Å². The SMILES string of the molecule is Cc1cccc(CCNC(=O)CC(C)C2CCNCC2)c1.Cl. The molecule has 0 radical (unpaired) electrons. The van der Waals surface area contributed by atoms with Crippen molar-refractivity contribution in [1.82, 2.24) is 10.6 Å². The van der Waals surface area contributed by atoms with Gasteiger partial charge >= 0.3 is 0 Å². The second kappa shape index (κ2) is 9.86. The van der Waals surface area contributed by atoms with Crippen molar-refractivity contribution in [1.29, 1.82) is 0 Å². The van der Waals surface area contributed by atoms with Crippen LogP contribution in [0.3, 0.4) is 0 Å². The van der Waals surface area contributed by atoms with Gasteiger partial charge in [-0.2, -0.15) is 0 Å². The summed E-state index contributed by atoms with van der Waals surface area (Å²) < 4.78 is 0. The normalized spacial score (nSPS) is 16.6. The Bertz CT molecular complexity index is 458. The molecule has 1 aromatic rings. The molecule has 1 aliphatic rings. The van der Waals surface area contributed by atoms with Crippen LogP contribution in [0.1, 0.15) is 37.3 Å². The molecule has 2 N–H and O–H groups in total. The molecule has 1 atom stereocenters. The Balaban J connectivity index is 0.00000242. The fraction of sp³-hybridized carbons (Fsp3) is 0.611. The lowest BCUT2D eigenvalue weighted by Crippen LogP contribution is -2.34. The fourth-order valence-electron chi connectivity index (χ4n) is 3.16. The van der Waals surface area contributed by atoms with Crippen LogP contribution in [-0.4, -0.2) is 25.5 Å². The lowest BCUT2D eigenvalue weighted by Gasteiger charge is -2.27. The molecular formula is C18H29ClN2O. The maximum Gasteiger partial charge on any atom is 0.220 e. The number of carbonyl (C=O) groups is 1. The van der Waals surface area contributed by atoms with Crippen molar-refractivity contribution in [2.24, 2.45) is 11.8 Å². The van der Waals surface area contributed by atoms with Crippen LogP contribution in [0.25, 0.3) is 0 Å². The minimum Gasteiger partial charge on any atom is -0.356 e. The van der Waals surface area contributed by atoms with E-state index in [4.69, 9.17) is 0 Å². The van der Waals surface area contributed by atoms with Crippen molar-refractivity contribution in [3.8, 4) is 0 Å². The molecule has 1 heterocycles. The van der Waals surface area contributed by atoms with Crippen LogP contribution in [0.2, 0.25) is 0 Å². The van der Waals surface area contributed by atoms with E-state index in [2.05, 4.69) is 48.7 Å². The third-order valence-electron chi connectivity index (χ3n) is 4.51. The molecule has 0 saturated carbocycles. The van der Waals surface area contributed by atoms with Crippen molar-refractivity contribution in [2.45, 2.75) is 39.5 Å². The Morgan fingerprint density at radius 2 is 2.09 bits per heavy atom. The van der Waals surface area contributed by atoms with Gasteiger partial charge in [-0.25, -0.2) is 0 Å². The largest absolute Gasteiger partial charge is 0.356 e. The van der Waals surface area contributed by atoms with Crippen molar-refractivity contribution in [3.63, 3.8) is 0 Å². The number of amides is 1. The lowest BCUT2D eigenvalue weighted by molar-refractivity contribution is -0.122. The smallest absolute Gasteiger partial charge is 0.220 e. The molecule has 3 nitrogen and oxygen atoms in total. The van der Waals surface area contributed by atoms with Gasteiger partial charge in [-0.15, -0.1) is 12.4 Å². The molecule has 1 saturated heterocycles. The summed E-state index contributed by atoms with van der Waals surface area (Å²) >= 11 is 0. The molecule has 2 rings (SSSR count). The quantitative estimate of drug-likeness (QED) is 0.844. The van der Waals surface area contributed by atoms with E-state index in [1.165, 1.54) is 24.0 Å². The number of benzene rings is 1. The molecule has 0 spiro atoms. The Labute approximate surface area is 140 Å². The molecule has 124 valence electrons.